The highest BCUT2D eigenvalue weighted by molar-refractivity contribution is 14.1. The monoisotopic (exact) mass is 842 g/mol. The summed E-state index contributed by atoms with van der Waals surface area (Å²) in [5.74, 6) is -7.60. The predicted molar refractivity (Wildman–Crippen MR) is 205 cm³/mol. The molecule has 0 fully saturated rings. The molecule has 4 unspecified atom stereocenters. The molecule has 5 N–H and O–H groups in total. The number of halogens is 1. The number of aliphatic carboxylic acids is 5. The van der Waals surface area contributed by atoms with E-state index < -0.39 is 53.0 Å². The number of carboxylic acids is 5. The van der Waals surface area contributed by atoms with Crippen LogP contribution < -0.4 is 0 Å². The van der Waals surface area contributed by atoms with Gasteiger partial charge in [0.1, 0.15) is 23.9 Å². The van der Waals surface area contributed by atoms with Crippen LogP contribution in [0.5, 0.6) is 0 Å². The molecular formula is C38H67IO12. The minimum absolute atomic E-state index is 0.196. The molecule has 0 heterocycles. The van der Waals surface area contributed by atoms with Crippen LogP contribution in [0, 0.1) is 29.1 Å². The molecule has 0 aromatic rings. The lowest BCUT2D eigenvalue weighted by Gasteiger charge is -2.19. The number of hydrogen-bond donors (Lipinski definition) is 5. The van der Waals surface area contributed by atoms with Crippen molar-refractivity contribution in [3.05, 3.63) is 0 Å². The third-order valence-corrected chi connectivity index (χ3v) is 9.64. The van der Waals surface area contributed by atoms with Crippen molar-refractivity contribution in [3.8, 4) is 0 Å². The zero-order valence-corrected chi connectivity index (χ0v) is 33.9. The van der Waals surface area contributed by atoms with Crippen molar-refractivity contribution < 1.29 is 59.1 Å². The quantitative estimate of drug-likeness (QED) is 0.0150. The minimum atomic E-state index is -1.14. The van der Waals surface area contributed by atoms with Gasteiger partial charge in [-0.05, 0) is 69.6 Å². The zero-order valence-electron chi connectivity index (χ0n) is 31.7. The third-order valence-electron chi connectivity index (χ3n) is 8.88. The van der Waals surface area contributed by atoms with E-state index in [-0.39, 0.29) is 18.1 Å². The van der Waals surface area contributed by atoms with Gasteiger partial charge in [0.2, 0.25) is 0 Å². The maximum atomic E-state index is 12.0. The predicted octanol–water partition coefficient (Wildman–Crippen LogP) is 8.94. The van der Waals surface area contributed by atoms with Crippen LogP contribution in [0.15, 0.2) is 0 Å². The lowest BCUT2D eigenvalue weighted by Crippen LogP contribution is -2.25. The first-order valence-electron chi connectivity index (χ1n) is 18.6. The summed E-state index contributed by atoms with van der Waals surface area (Å²) in [5, 5.41) is 45.0. The van der Waals surface area contributed by atoms with Crippen LogP contribution in [-0.4, -0.2) is 71.9 Å². The van der Waals surface area contributed by atoms with Crippen molar-refractivity contribution >= 4 is 64.5 Å². The van der Waals surface area contributed by atoms with E-state index in [1.807, 2.05) is 0 Å². The average Bonchev–Trinajstić information content (AvgIpc) is 3.06. The van der Waals surface area contributed by atoms with Gasteiger partial charge < -0.3 is 30.3 Å². The molecule has 4 atom stereocenters. The van der Waals surface area contributed by atoms with E-state index in [9.17, 15) is 43.8 Å². The molecular weight excluding hydrogens is 775 g/mol. The van der Waals surface area contributed by atoms with Crippen molar-refractivity contribution in [1.29, 1.82) is 0 Å². The van der Waals surface area contributed by atoms with E-state index in [0.717, 1.165) is 49.4 Å². The number of unbranched alkanes of at least 4 members (excludes halogenated alkanes) is 8. The van der Waals surface area contributed by atoms with Gasteiger partial charge in [-0.15, -0.1) is 0 Å². The summed E-state index contributed by atoms with van der Waals surface area (Å²) < 4.78 is 1.05. The zero-order chi connectivity index (χ0) is 39.8. The summed E-state index contributed by atoms with van der Waals surface area (Å²) in [6.07, 6.45) is 14.5. The maximum Gasteiger partial charge on any atom is 0.314 e. The summed E-state index contributed by atoms with van der Waals surface area (Å²) in [6, 6.07) is 0. The highest BCUT2D eigenvalue weighted by Gasteiger charge is 2.28. The first-order chi connectivity index (χ1) is 23.9. The molecule has 0 aromatic carbocycles. The fraction of sp³-hybridized carbons (Fsp3) is 0.816. The first kappa shape index (κ1) is 52.8. The van der Waals surface area contributed by atoms with Crippen molar-refractivity contribution in [1.82, 2.24) is 0 Å². The summed E-state index contributed by atoms with van der Waals surface area (Å²) in [5.41, 5.74) is -0.803. The van der Waals surface area contributed by atoms with Gasteiger partial charge in [-0.2, -0.15) is 0 Å². The fourth-order valence-electron chi connectivity index (χ4n) is 4.90. The van der Waals surface area contributed by atoms with Crippen LogP contribution in [0.25, 0.3) is 0 Å². The highest BCUT2D eigenvalue weighted by atomic mass is 127. The molecule has 0 bridgehead atoms. The Labute approximate surface area is 319 Å². The summed E-state index contributed by atoms with van der Waals surface area (Å²) >= 11 is 2.28. The number of carboxylic acid groups (broad SMARTS) is 5. The van der Waals surface area contributed by atoms with Crippen LogP contribution >= 0.6 is 22.6 Å². The normalized spacial score (nSPS) is 13.2. The van der Waals surface area contributed by atoms with Crippen LogP contribution in [0.3, 0.4) is 0 Å². The third kappa shape index (κ3) is 30.7. The van der Waals surface area contributed by atoms with Gasteiger partial charge in [0.05, 0.1) is 17.3 Å². The number of carbonyl (C=O) groups is 7. The molecule has 0 aromatic heterocycles. The molecule has 0 amide bonds. The van der Waals surface area contributed by atoms with E-state index in [2.05, 4.69) is 36.4 Å². The molecule has 0 aliphatic rings. The van der Waals surface area contributed by atoms with E-state index in [0.29, 0.717) is 70.5 Å². The second-order valence-corrected chi connectivity index (χ2v) is 15.0. The summed E-state index contributed by atoms with van der Waals surface area (Å²) in [7, 11) is 0. The van der Waals surface area contributed by atoms with Gasteiger partial charge in [-0.25, -0.2) is 0 Å². The number of aldehydes is 1. The Kier molecular flexibility index (Phi) is 34.4. The Balaban J connectivity index is -0.000000821. The van der Waals surface area contributed by atoms with E-state index in [1.165, 1.54) is 12.8 Å². The van der Waals surface area contributed by atoms with E-state index in [1.54, 1.807) is 20.8 Å². The van der Waals surface area contributed by atoms with Crippen LogP contribution in [0.2, 0.25) is 0 Å². The van der Waals surface area contributed by atoms with E-state index in [4.69, 9.17) is 15.3 Å². The topological polar surface area (TPSA) is 221 Å². The molecule has 298 valence electrons. The Morgan fingerprint density at radius 2 is 1.10 bits per heavy atom. The molecule has 0 rings (SSSR count). The van der Waals surface area contributed by atoms with Gasteiger partial charge in [0.15, 0.2) is 0 Å². The molecule has 0 saturated carbocycles. The number of Topliss-reactive ketones (excluding diaryl/α,β-unsaturated/α-hetero) is 1. The Morgan fingerprint density at radius 3 is 1.53 bits per heavy atom. The van der Waals surface area contributed by atoms with Crippen molar-refractivity contribution in [3.63, 3.8) is 0 Å². The smallest absolute Gasteiger partial charge is 0.314 e. The van der Waals surface area contributed by atoms with Gasteiger partial charge in [-0.3, -0.25) is 28.8 Å². The minimum Gasteiger partial charge on any atom is -0.481 e. The summed E-state index contributed by atoms with van der Waals surface area (Å²) in [6.45, 7) is 9.35. The second-order valence-electron chi connectivity index (χ2n) is 13.9. The SMILES string of the molecule is CC(C)(CCCCC(C(=O)O)C(=O)CCCCCI)C(=O)O.CC(CCCCCCC(CCCCC(C=O)C(=O)O)C(=O)O)C(=O)O.CCCC. The highest BCUT2D eigenvalue weighted by Crippen LogP contribution is 2.25. The van der Waals surface area contributed by atoms with Crippen LogP contribution in [0.4, 0.5) is 0 Å². The molecule has 0 saturated heterocycles. The number of alkyl halides is 1. The molecule has 51 heavy (non-hydrogen) atoms. The van der Waals surface area contributed by atoms with Gasteiger partial charge in [0.25, 0.3) is 0 Å². The maximum absolute atomic E-state index is 12.0. The van der Waals surface area contributed by atoms with Crippen molar-refractivity contribution in [2.75, 3.05) is 4.43 Å². The second kappa shape index (κ2) is 33.3. The number of hydrogen-bond acceptors (Lipinski definition) is 7. The lowest BCUT2D eigenvalue weighted by molar-refractivity contribution is -0.148. The molecule has 0 spiro atoms. The fourth-order valence-corrected chi connectivity index (χ4v) is 5.44. The van der Waals surface area contributed by atoms with Crippen LogP contribution in [0.1, 0.15) is 163 Å². The summed E-state index contributed by atoms with van der Waals surface area (Å²) in [4.78, 5) is 77.4. The average molecular weight is 843 g/mol. The number of rotatable bonds is 30. The Morgan fingerprint density at radius 1 is 0.608 bits per heavy atom. The standard InChI is InChI=1S/C18H30O7.C16H27IO5.C4H10/c1-13(16(20)21)8-4-2-3-5-9-14(17(22)23)10-6-7-11-15(12-19)18(24)25;1-16(2,15(21)22)10-6-5-8-12(14(19)20)13(18)9-4-3-7-11-17;1-3-4-2/h12-15H,2-11H2,1H3,(H,20,21)(H,22,23)(H,24,25);12H,3-11H2,1-2H3,(H,19,20)(H,21,22);3-4H2,1-2H3. The number of ketones is 1. The van der Waals surface area contributed by atoms with Crippen molar-refractivity contribution in [2.24, 2.45) is 29.1 Å². The largest absolute Gasteiger partial charge is 0.481 e. The molecule has 0 aliphatic heterocycles. The molecule has 12 nitrogen and oxygen atoms in total. The van der Waals surface area contributed by atoms with Gasteiger partial charge >= 0.3 is 29.8 Å². The lowest BCUT2D eigenvalue weighted by atomic mass is 9.85. The Bertz CT molecular complexity index is 995. The van der Waals surface area contributed by atoms with Gasteiger partial charge in [0, 0.05) is 6.42 Å². The molecule has 13 heteroatoms. The Hall–Kier alpha value is -2.58. The van der Waals surface area contributed by atoms with Gasteiger partial charge in [-0.1, -0.05) is 114 Å². The van der Waals surface area contributed by atoms with E-state index >= 15 is 0 Å². The van der Waals surface area contributed by atoms with Crippen LogP contribution in [-0.2, 0) is 33.6 Å². The van der Waals surface area contributed by atoms with Crippen molar-refractivity contribution in [2.45, 2.75) is 163 Å². The number of carbonyl (C=O) groups excluding carboxylic acids is 2. The first-order valence-corrected chi connectivity index (χ1v) is 20.1. The molecule has 0 aliphatic carbocycles. The molecule has 0 radical (unpaired) electrons.